The largest absolute Gasteiger partial charge is 0.454 e. The number of aliphatic hydroxyl groups is 5. The second-order valence-corrected chi connectivity index (χ2v) is 27.8. The van der Waals surface area contributed by atoms with Crippen molar-refractivity contribution in [2.24, 2.45) is 0 Å². The van der Waals surface area contributed by atoms with Crippen LogP contribution in [0.25, 0.3) is 0 Å². The van der Waals surface area contributed by atoms with Crippen LogP contribution in [0.15, 0.2) is 24.3 Å². The van der Waals surface area contributed by atoms with Crippen LogP contribution in [0.5, 0.6) is 0 Å². The quantitative estimate of drug-likeness (QED) is 0.0195. The molecule has 8 unspecified atom stereocenters. The van der Waals surface area contributed by atoms with Crippen molar-refractivity contribution in [1.29, 1.82) is 0 Å². The molecule has 8 atom stereocenters. The van der Waals surface area contributed by atoms with Crippen LogP contribution >= 0.6 is 0 Å². The average Bonchev–Trinajstić information content (AvgIpc) is 1.14. The van der Waals surface area contributed by atoms with Gasteiger partial charge in [-0.3, -0.25) is 9.59 Å². The Hall–Kier alpha value is -1.86. The molecule has 0 saturated carbocycles. The van der Waals surface area contributed by atoms with Gasteiger partial charge in [-0.15, -0.1) is 0 Å². The number of nitrogens with one attached hydrogen (secondary N) is 1. The van der Waals surface area contributed by atoms with Crippen LogP contribution in [-0.2, 0) is 23.8 Å². The van der Waals surface area contributed by atoms with Crippen LogP contribution in [0.1, 0.15) is 406 Å². The van der Waals surface area contributed by atoms with E-state index in [2.05, 4.69) is 38.2 Å². The molecule has 11 nitrogen and oxygen atoms in total. The molecular weight excluding hydrogens is 1120 g/mol. The van der Waals surface area contributed by atoms with Crippen molar-refractivity contribution < 1.29 is 49.3 Å². The summed E-state index contributed by atoms with van der Waals surface area (Å²) in [7, 11) is 0. The van der Waals surface area contributed by atoms with Crippen molar-refractivity contribution in [3.8, 4) is 0 Å². The average molecular weight is 1280 g/mol. The van der Waals surface area contributed by atoms with Gasteiger partial charge in [-0.05, 0) is 51.4 Å². The van der Waals surface area contributed by atoms with Crippen molar-refractivity contribution in [3.05, 3.63) is 24.3 Å². The number of esters is 1. The summed E-state index contributed by atoms with van der Waals surface area (Å²) < 4.78 is 17.8. The molecule has 6 N–H and O–H groups in total. The molecule has 1 heterocycles. The van der Waals surface area contributed by atoms with Gasteiger partial charge in [0.2, 0.25) is 5.91 Å². The highest BCUT2D eigenvalue weighted by Crippen LogP contribution is 2.27. The lowest BCUT2D eigenvalue weighted by Crippen LogP contribution is -2.61. The molecule has 1 aliphatic heterocycles. The maximum Gasteiger partial charge on any atom is 0.306 e. The Labute approximate surface area is 556 Å². The fourth-order valence-electron chi connectivity index (χ4n) is 12.9. The summed E-state index contributed by atoms with van der Waals surface area (Å²) in [6.45, 7) is 5.87. The molecule has 1 aliphatic rings. The van der Waals surface area contributed by atoms with Gasteiger partial charge in [0.25, 0.3) is 0 Å². The highest BCUT2D eigenvalue weighted by atomic mass is 16.7. The first-order chi connectivity index (χ1) is 44.2. The fourth-order valence-corrected chi connectivity index (χ4v) is 12.9. The molecule has 1 amide bonds. The van der Waals surface area contributed by atoms with Crippen molar-refractivity contribution in [2.45, 2.75) is 455 Å². The zero-order valence-corrected chi connectivity index (χ0v) is 59.5. The second-order valence-electron chi connectivity index (χ2n) is 27.8. The molecule has 0 aromatic carbocycles. The van der Waals surface area contributed by atoms with Crippen molar-refractivity contribution in [1.82, 2.24) is 5.32 Å². The summed E-state index contributed by atoms with van der Waals surface area (Å²) in [5.74, 6) is -1.17. The number of carbonyl (C=O) groups excluding carboxylic acids is 2. The Kier molecular flexibility index (Phi) is 64.3. The predicted molar refractivity (Wildman–Crippen MR) is 380 cm³/mol. The summed E-state index contributed by atoms with van der Waals surface area (Å²) in [6.07, 6.45) is 72.4. The molecule has 1 fully saturated rings. The molecule has 1 rings (SSSR count). The Balaban J connectivity index is 2.48. The van der Waals surface area contributed by atoms with Crippen molar-refractivity contribution >= 4 is 11.9 Å². The molecule has 1 saturated heterocycles. The molecule has 0 radical (unpaired) electrons. The minimum absolute atomic E-state index is 0.131. The first kappa shape index (κ1) is 86.2. The lowest BCUT2D eigenvalue weighted by Gasteiger charge is -2.41. The summed E-state index contributed by atoms with van der Waals surface area (Å²) in [5, 5.41) is 57.4. The minimum Gasteiger partial charge on any atom is -0.454 e. The number of carbonyl (C=O) groups is 2. The maximum absolute atomic E-state index is 13.5. The van der Waals surface area contributed by atoms with Crippen LogP contribution in [0, 0.1) is 0 Å². The van der Waals surface area contributed by atoms with E-state index in [0.29, 0.717) is 19.3 Å². The van der Waals surface area contributed by atoms with E-state index in [4.69, 9.17) is 14.2 Å². The van der Waals surface area contributed by atoms with E-state index in [1.165, 1.54) is 302 Å². The van der Waals surface area contributed by atoms with Crippen molar-refractivity contribution in [3.63, 3.8) is 0 Å². The first-order valence-electron chi connectivity index (χ1n) is 39.6. The normalized spacial score (nSPS) is 18.1. The van der Waals surface area contributed by atoms with Crippen molar-refractivity contribution in [2.75, 3.05) is 13.2 Å². The number of hydrogen-bond donors (Lipinski definition) is 6. The SMILES string of the molecule is CCCCCCCC/C=C/CCCCCCCCCCCCCCC(O)C(=O)NC(COC1OC(CO)C(O)C(O)C1OC(=O)CCCCCCCCCCCCCCCCCCCCCCCCCCCCC)C(O)/C=C/CCCCCCCCCCCC. The highest BCUT2D eigenvalue weighted by molar-refractivity contribution is 5.80. The van der Waals surface area contributed by atoms with Gasteiger partial charge in [0.1, 0.15) is 24.4 Å². The highest BCUT2D eigenvalue weighted by Gasteiger charge is 2.47. The van der Waals surface area contributed by atoms with Crippen LogP contribution in [0.4, 0.5) is 0 Å². The van der Waals surface area contributed by atoms with E-state index in [1.54, 1.807) is 6.08 Å². The third-order valence-electron chi connectivity index (χ3n) is 19.1. The molecule has 0 bridgehead atoms. The van der Waals surface area contributed by atoms with E-state index in [-0.39, 0.29) is 13.0 Å². The fraction of sp³-hybridized carbons (Fsp3) is 0.924. The van der Waals surface area contributed by atoms with E-state index >= 15 is 0 Å². The second kappa shape index (κ2) is 67.1. The summed E-state index contributed by atoms with van der Waals surface area (Å²) in [6, 6.07) is -1.02. The number of allylic oxidation sites excluding steroid dienone is 3. The monoisotopic (exact) mass is 1270 g/mol. The molecule has 90 heavy (non-hydrogen) atoms. The Morgan fingerprint density at radius 1 is 0.422 bits per heavy atom. The van der Waals surface area contributed by atoms with Gasteiger partial charge in [-0.2, -0.15) is 0 Å². The van der Waals surface area contributed by atoms with Crippen LogP contribution < -0.4 is 5.32 Å². The maximum atomic E-state index is 13.5. The van der Waals surface area contributed by atoms with E-state index < -0.39 is 67.4 Å². The number of hydrogen-bond acceptors (Lipinski definition) is 10. The summed E-state index contributed by atoms with van der Waals surface area (Å²) in [5.41, 5.74) is 0. The molecular formula is C79H151NO10. The number of ether oxygens (including phenoxy) is 3. The minimum atomic E-state index is -1.61. The van der Waals surface area contributed by atoms with E-state index in [9.17, 15) is 35.1 Å². The van der Waals surface area contributed by atoms with Gasteiger partial charge in [-0.25, -0.2) is 0 Å². The molecule has 0 aromatic rings. The third kappa shape index (κ3) is 53.4. The van der Waals surface area contributed by atoms with E-state index in [1.807, 2.05) is 6.08 Å². The summed E-state index contributed by atoms with van der Waals surface area (Å²) in [4.78, 5) is 26.8. The third-order valence-corrected chi connectivity index (χ3v) is 19.1. The van der Waals surface area contributed by atoms with Gasteiger partial charge < -0.3 is 45.1 Å². The number of amides is 1. The van der Waals surface area contributed by atoms with Crippen LogP contribution in [-0.4, -0.2) is 99.6 Å². The van der Waals surface area contributed by atoms with Crippen LogP contribution in [0.3, 0.4) is 0 Å². The first-order valence-corrected chi connectivity index (χ1v) is 39.6. The number of rotatable bonds is 70. The molecule has 532 valence electrons. The zero-order valence-electron chi connectivity index (χ0n) is 59.5. The Morgan fingerprint density at radius 2 is 0.733 bits per heavy atom. The lowest BCUT2D eigenvalue weighted by atomic mass is 9.99. The molecule has 0 aromatic heterocycles. The van der Waals surface area contributed by atoms with Gasteiger partial charge in [0.05, 0.1) is 25.4 Å². The molecule has 0 spiro atoms. The van der Waals surface area contributed by atoms with Gasteiger partial charge in [0.15, 0.2) is 12.4 Å². The van der Waals surface area contributed by atoms with Gasteiger partial charge in [-0.1, -0.05) is 373 Å². The Bertz CT molecular complexity index is 1560. The smallest absolute Gasteiger partial charge is 0.306 e. The van der Waals surface area contributed by atoms with Gasteiger partial charge >= 0.3 is 5.97 Å². The summed E-state index contributed by atoms with van der Waals surface area (Å²) >= 11 is 0. The van der Waals surface area contributed by atoms with Crippen LogP contribution in [0.2, 0.25) is 0 Å². The zero-order chi connectivity index (χ0) is 65.3. The standard InChI is InChI=1S/C79H151NO10/c1-4-7-10-13-16-19-22-25-27-29-31-33-35-36-37-38-39-41-43-45-47-49-52-55-58-61-64-67-74(84)90-77-76(86)75(85)73(68-81)89-79(77)88-69-70(71(82)65-62-59-56-53-50-24-21-18-15-12-9-6-3)80-78(87)72(83)66-63-60-57-54-51-48-46-44-42-40-34-32-30-28-26-23-20-17-14-11-8-5-2/h26,28,62,65,70-73,75-77,79,81-83,85-86H,4-25,27,29-61,63-64,66-69H2,1-3H3,(H,80,87)/b28-26+,65-62+. The molecule has 11 heteroatoms. The van der Waals surface area contributed by atoms with Gasteiger partial charge in [0, 0.05) is 6.42 Å². The lowest BCUT2D eigenvalue weighted by molar-refractivity contribution is -0.305. The molecule has 0 aliphatic carbocycles. The Morgan fingerprint density at radius 3 is 1.08 bits per heavy atom. The number of unbranched alkanes of at least 4 members (excludes halogenated alkanes) is 54. The van der Waals surface area contributed by atoms with E-state index in [0.717, 1.165) is 57.8 Å². The topological polar surface area (TPSA) is 175 Å². The number of aliphatic hydroxyl groups excluding tert-OH is 5. The predicted octanol–water partition coefficient (Wildman–Crippen LogP) is 21.1.